The lowest BCUT2D eigenvalue weighted by Crippen LogP contribution is -2.19. The fourth-order valence-corrected chi connectivity index (χ4v) is 4.38. The van der Waals surface area contributed by atoms with Gasteiger partial charge in [0.15, 0.2) is 0 Å². The van der Waals surface area contributed by atoms with Gasteiger partial charge in [0, 0.05) is 27.7 Å². The van der Waals surface area contributed by atoms with E-state index in [0.717, 1.165) is 28.3 Å². The number of amides is 1. The van der Waals surface area contributed by atoms with Crippen molar-refractivity contribution in [1.82, 2.24) is 9.99 Å². The molecule has 1 amide bonds. The molecule has 0 spiro atoms. The molecule has 0 saturated heterocycles. The third kappa shape index (κ3) is 5.35. The molecule has 0 aliphatic carbocycles. The van der Waals surface area contributed by atoms with Gasteiger partial charge in [-0.15, -0.1) is 11.8 Å². The zero-order chi connectivity index (χ0) is 21.7. The Morgan fingerprint density at radius 2 is 1.77 bits per heavy atom. The Morgan fingerprint density at radius 1 is 1.10 bits per heavy atom. The van der Waals surface area contributed by atoms with E-state index in [0.29, 0.717) is 10.8 Å². The zero-order valence-electron chi connectivity index (χ0n) is 17.7. The first kappa shape index (κ1) is 22.2. The summed E-state index contributed by atoms with van der Waals surface area (Å²) >= 11 is 7.43. The van der Waals surface area contributed by atoms with E-state index in [-0.39, 0.29) is 5.91 Å². The molecular formula is C24H26ClN3OS. The molecule has 0 fully saturated rings. The topological polar surface area (TPSA) is 46.4 Å². The lowest BCUT2D eigenvalue weighted by atomic mass is 10.1. The third-order valence-corrected chi connectivity index (χ3v) is 6.20. The van der Waals surface area contributed by atoms with Crippen LogP contribution in [-0.2, 0) is 10.5 Å². The van der Waals surface area contributed by atoms with Crippen LogP contribution < -0.4 is 5.43 Å². The highest BCUT2D eigenvalue weighted by molar-refractivity contribution is 7.99. The highest BCUT2D eigenvalue weighted by Crippen LogP contribution is 2.25. The summed E-state index contributed by atoms with van der Waals surface area (Å²) in [7, 11) is 0. The number of hydrogen-bond donors (Lipinski definition) is 1. The molecular weight excluding hydrogens is 414 g/mol. The molecule has 3 rings (SSSR count). The summed E-state index contributed by atoms with van der Waals surface area (Å²) < 4.78 is 2.25. The summed E-state index contributed by atoms with van der Waals surface area (Å²) in [6.45, 7) is 8.40. The number of nitrogens with one attached hydrogen (secondary N) is 1. The number of thioether (sulfide) groups is 1. The molecule has 0 bridgehead atoms. The van der Waals surface area contributed by atoms with Crippen LogP contribution in [0.4, 0.5) is 0 Å². The quantitative estimate of drug-likeness (QED) is 0.376. The van der Waals surface area contributed by atoms with Crippen molar-refractivity contribution in [1.29, 1.82) is 0 Å². The molecule has 1 aromatic heterocycles. The third-order valence-electron chi connectivity index (χ3n) is 4.94. The minimum atomic E-state index is -0.117. The van der Waals surface area contributed by atoms with Crippen LogP contribution in [0.1, 0.15) is 33.6 Å². The van der Waals surface area contributed by atoms with Crippen molar-refractivity contribution in [2.75, 3.05) is 5.75 Å². The summed E-state index contributed by atoms with van der Waals surface area (Å²) in [4.78, 5) is 12.1. The van der Waals surface area contributed by atoms with Gasteiger partial charge >= 0.3 is 0 Å². The van der Waals surface area contributed by atoms with Crippen LogP contribution in [0.15, 0.2) is 53.6 Å². The molecule has 6 heteroatoms. The van der Waals surface area contributed by atoms with Crippen molar-refractivity contribution >= 4 is 35.5 Å². The largest absolute Gasteiger partial charge is 0.317 e. The molecule has 0 radical (unpaired) electrons. The van der Waals surface area contributed by atoms with Crippen molar-refractivity contribution in [2.45, 2.75) is 33.4 Å². The molecule has 2 aromatic carbocycles. The van der Waals surface area contributed by atoms with Gasteiger partial charge in [0.05, 0.1) is 17.7 Å². The van der Waals surface area contributed by atoms with Crippen molar-refractivity contribution in [3.63, 3.8) is 0 Å². The van der Waals surface area contributed by atoms with Crippen LogP contribution >= 0.6 is 23.4 Å². The molecule has 3 aromatic rings. The molecule has 0 aliphatic rings. The predicted molar refractivity (Wildman–Crippen MR) is 128 cm³/mol. The monoisotopic (exact) mass is 439 g/mol. The van der Waals surface area contributed by atoms with Gasteiger partial charge in [-0.05, 0) is 62.6 Å². The van der Waals surface area contributed by atoms with Crippen LogP contribution in [-0.4, -0.2) is 22.4 Å². The smallest absolute Gasteiger partial charge is 0.250 e. The number of aryl methyl sites for hydroxylation is 3. The normalized spacial score (nSPS) is 11.2. The van der Waals surface area contributed by atoms with E-state index in [4.69, 9.17) is 11.6 Å². The Bertz CT molecular complexity index is 1050. The molecule has 30 heavy (non-hydrogen) atoms. The minimum Gasteiger partial charge on any atom is -0.317 e. The second-order valence-electron chi connectivity index (χ2n) is 7.31. The van der Waals surface area contributed by atoms with Crippen molar-refractivity contribution in [3.05, 3.63) is 87.2 Å². The summed E-state index contributed by atoms with van der Waals surface area (Å²) in [6.07, 6.45) is 1.72. The maximum atomic E-state index is 12.1. The van der Waals surface area contributed by atoms with E-state index >= 15 is 0 Å². The summed E-state index contributed by atoms with van der Waals surface area (Å²) in [5.41, 5.74) is 10.6. The number of nitrogens with zero attached hydrogens (tertiary/aromatic N) is 2. The van der Waals surface area contributed by atoms with Crippen LogP contribution in [0.5, 0.6) is 0 Å². The molecule has 0 aliphatic heterocycles. The Balaban J connectivity index is 1.60. The van der Waals surface area contributed by atoms with Gasteiger partial charge in [0.1, 0.15) is 0 Å². The fourth-order valence-electron chi connectivity index (χ4n) is 3.47. The number of hydrogen-bond acceptors (Lipinski definition) is 3. The predicted octanol–water partition coefficient (Wildman–Crippen LogP) is 5.75. The number of rotatable bonds is 7. The van der Waals surface area contributed by atoms with E-state index in [1.807, 2.05) is 24.3 Å². The maximum Gasteiger partial charge on any atom is 0.250 e. The van der Waals surface area contributed by atoms with E-state index < -0.39 is 0 Å². The maximum absolute atomic E-state index is 12.1. The van der Waals surface area contributed by atoms with Gasteiger partial charge < -0.3 is 4.57 Å². The first-order valence-corrected chi connectivity index (χ1v) is 11.3. The van der Waals surface area contributed by atoms with Crippen LogP contribution in [0, 0.1) is 27.7 Å². The lowest BCUT2D eigenvalue weighted by molar-refractivity contribution is -0.118. The summed E-state index contributed by atoms with van der Waals surface area (Å²) in [5.74, 6) is 0.987. The van der Waals surface area contributed by atoms with Crippen LogP contribution in [0.2, 0.25) is 5.02 Å². The molecule has 1 heterocycles. The highest BCUT2D eigenvalue weighted by Gasteiger charge is 2.13. The first-order valence-electron chi connectivity index (χ1n) is 9.76. The molecule has 0 saturated carbocycles. The number of aromatic nitrogens is 1. The Labute approximate surface area is 187 Å². The van der Waals surface area contributed by atoms with Gasteiger partial charge in [-0.25, -0.2) is 5.43 Å². The number of benzene rings is 2. The standard InChI is InChI=1S/C24H26ClN3OS/c1-16-6-5-7-17(2)24(16)28-18(3)12-21(19(28)4)13-26-27-23(29)15-30-14-20-8-10-22(25)11-9-20/h5-13H,14-15H2,1-4H3,(H,27,29)/b26-13+. The number of para-hydroxylation sites is 1. The lowest BCUT2D eigenvalue weighted by Gasteiger charge is -2.15. The number of carbonyl (C=O) groups excluding carboxylic acids is 1. The number of halogens is 1. The summed E-state index contributed by atoms with van der Waals surface area (Å²) in [6, 6.07) is 16.1. The zero-order valence-corrected chi connectivity index (χ0v) is 19.3. The Morgan fingerprint density at radius 3 is 2.43 bits per heavy atom. The van der Waals surface area contributed by atoms with Crippen molar-refractivity contribution < 1.29 is 4.79 Å². The SMILES string of the molecule is Cc1cccc(C)c1-n1c(C)cc(/C=N/NC(=O)CSCc2ccc(Cl)cc2)c1C. The van der Waals surface area contributed by atoms with Gasteiger partial charge in [0.2, 0.25) is 5.91 Å². The molecule has 0 unspecified atom stereocenters. The van der Waals surface area contributed by atoms with Crippen molar-refractivity contribution in [2.24, 2.45) is 5.10 Å². The average molecular weight is 440 g/mol. The second kappa shape index (κ2) is 10.0. The number of carbonyl (C=O) groups is 1. The van der Waals surface area contributed by atoms with E-state index in [1.54, 1.807) is 18.0 Å². The van der Waals surface area contributed by atoms with E-state index in [2.05, 4.69) is 67.1 Å². The van der Waals surface area contributed by atoms with Crippen LogP contribution in [0.25, 0.3) is 5.69 Å². The minimum absolute atomic E-state index is 0.117. The number of hydrazone groups is 1. The molecule has 0 atom stereocenters. The van der Waals surface area contributed by atoms with Crippen LogP contribution in [0.3, 0.4) is 0 Å². The highest BCUT2D eigenvalue weighted by atomic mass is 35.5. The van der Waals surface area contributed by atoms with Gasteiger partial charge in [-0.1, -0.05) is 41.9 Å². The Hall–Kier alpha value is -2.50. The van der Waals surface area contributed by atoms with E-state index in [1.165, 1.54) is 16.8 Å². The Kier molecular flexibility index (Phi) is 7.40. The van der Waals surface area contributed by atoms with Crippen molar-refractivity contribution in [3.8, 4) is 5.69 Å². The average Bonchev–Trinajstić information content (AvgIpc) is 2.97. The van der Waals surface area contributed by atoms with Gasteiger partial charge in [0.25, 0.3) is 0 Å². The fraction of sp³-hybridized carbons (Fsp3) is 0.250. The van der Waals surface area contributed by atoms with Gasteiger partial charge in [-0.2, -0.15) is 5.10 Å². The first-order chi connectivity index (χ1) is 14.4. The molecule has 1 N–H and O–H groups in total. The summed E-state index contributed by atoms with van der Waals surface area (Å²) in [5, 5.41) is 4.88. The second-order valence-corrected chi connectivity index (χ2v) is 8.74. The molecule has 156 valence electrons. The van der Waals surface area contributed by atoms with Gasteiger partial charge in [-0.3, -0.25) is 4.79 Å². The van der Waals surface area contributed by atoms with E-state index in [9.17, 15) is 4.79 Å². The molecule has 4 nitrogen and oxygen atoms in total.